The molecule has 1 aliphatic heterocycles. The Morgan fingerprint density at radius 1 is 1.39 bits per heavy atom. The van der Waals surface area contributed by atoms with E-state index < -0.39 is 30.0 Å². The number of halogens is 2. The standard InChI is InChI=1S/C17H15F2N5O4/c1-8-17(18,19)5-7-27-10-4-6-21-14-12(10)24(16(26)23-14)11-3-2-9(13(20)25)15(22-11)28-8/h2-4,6,8H,5,7H2,1H3,(H2,20,25)(H,21,23,26). The molecule has 3 aromatic heterocycles. The highest BCUT2D eigenvalue weighted by atomic mass is 19.3. The highest BCUT2D eigenvalue weighted by Crippen LogP contribution is 2.31. The van der Waals surface area contributed by atoms with Gasteiger partial charge in [-0.1, -0.05) is 0 Å². The predicted octanol–water partition coefficient (Wildman–Crippen LogP) is 1.39. The second-order valence-corrected chi connectivity index (χ2v) is 6.28. The van der Waals surface area contributed by atoms with E-state index in [0.717, 1.165) is 6.92 Å². The van der Waals surface area contributed by atoms with E-state index in [1.54, 1.807) is 0 Å². The minimum absolute atomic E-state index is 0.0326. The Labute approximate surface area is 156 Å². The van der Waals surface area contributed by atoms with E-state index in [4.69, 9.17) is 15.2 Å². The Bertz CT molecular complexity index is 1140. The third-order valence-electron chi connectivity index (χ3n) is 4.46. The van der Waals surface area contributed by atoms with Gasteiger partial charge in [0, 0.05) is 18.7 Å². The molecule has 9 nitrogen and oxygen atoms in total. The molecule has 28 heavy (non-hydrogen) atoms. The molecule has 3 aromatic rings. The van der Waals surface area contributed by atoms with Crippen LogP contribution < -0.4 is 20.9 Å². The fraction of sp³-hybridized carbons (Fsp3) is 0.294. The Morgan fingerprint density at radius 3 is 2.93 bits per heavy atom. The van der Waals surface area contributed by atoms with E-state index in [1.165, 1.54) is 29.0 Å². The number of hydrogen-bond acceptors (Lipinski definition) is 6. The summed E-state index contributed by atoms with van der Waals surface area (Å²) in [4.78, 5) is 34.9. The lowest BCUT2D eigenvalue weighted by Gasteiger charge is -2.25. The van der Waals surface area contributed by atoms with Gasteiger partial charge in [0.15, 0.2) is 11.8 Å². The van der Waals surface area contributed by atoms with Crippen LogP contribution in [0.1, 0.15) is 23.7 Å². The summed E-state index contributed by atoms with van der Waals surface area (Å²) in [5.74, 6) is -4.32. The molecule has 0 aromatic carbocycles. The minimum atomic E-state index is -3.27. The summed E-state index contributed by atoms with van der Waals surface area (Å²) in [5.41, 5.74) is 4.99. The fourth-order valence-electron chi connectivity index (χ4n) is 2.92. The van der Waals surface area contributed by atoms with Gasteiger partial charge < -0.3 is 15.2 Å². The molecule has 1 amide bonds. The maximum absolute atomic E-state index is 14.4. The van der Waals surface area contributed by atoms with Gasteiger partial charge in [0.25, 0.3) is 11.8 Å². The normalized spacial score (nSPS) is 18.5. The van der Waals surface area contributed by atoms with Gasteiger partial charge in [0.1, 0.15) is 22.6 Å². The molecule has 0 spiro atoms. The first-order chi connectivity index (χ1) is 13.3. The molecule has 1 aliphatic rings. The number of ether oxygens (including phenoxy) is 2. The van der Waals surface area contributed by atoms with E-state index in [0.29, 0.717) is 0 Å². The first-order valence-corrected chi connectivity index (χ1v) is 8.36. The van der Waals surface area contributed by atoms with Crippen LogP contribution in [0.4, 0.5) is 8.78 Å². The number of alkyl halides is 2. The van der Waals surface area contributed by atoms with Gasteiger partial charge in [-0.15, -0.1) is 0 Å². The molecule has 0 radical (unpaired) electrons. The summed E-state index contributed by atoms with van der Waals surface area (Å²) in [6, 6.07) is 4.08. The summed E-state index contributed by atoms with van der Waals surface area (Å²) >= 11 is 0. The van der Waals surface area contributed by atoms with Gasteiger partial charge in [0.2, 0.25) is 5.88 Å². The summed E-state index contributed by atoms with van der Waals surface area (Å²) < 4.78 is 40.8. The van der Waals surface area contributed by atoms with Crippen LogP contribution in [0.3, 0.4) is 0 Å². The van der Waals surface area contributed by atoms with Crippen molar-refractivity contribution in [3.63, 3.8) is 0 Å². The average Bonchev–Trinajstić information content (AvgIpc) is 2.97. The molecule has 0 fully saturated rings. The van der Waals surface area contributed by atoms with Gasteiger partial charge in [-0.2, -0.15) is 4.98 Å². The number of nitrogens with one attached hydrogen (secondary N) is 1. The van der Waals surface area contributed by atoms with Gasteiger partial charge in [0.05, 0.1) is 6.61 Å². The molecule has 4 heterocycles. The van der Waals surface area contributed by atoms with Crippen molar-refractivity contribution >= 4 is 17.1 Å². The Morgan fingerprint density at radius 2 is 2.18 bits per heavy atom. The lowest BCUT2D eigenvalue weighted by atomic mass is 10.1. The number of pyridine rings is 2. The predicted molar refractivity (Wildman–Crippen MR) is 93.2 cm³/mol. The number of H-pyrrole nitrogens is 1. The minimum Gasteiger partial charge on any atom is -0.491 e. The van der Waals surface area contributed by atoms with Crippen molar-refractivity contribution in [2.45, 2.75) is 25.4 Å². The van der Waals surface area contributed by atoms with Crippen LogP contribution in [-0.4, -0.2) is 44.1 Å². The Balaban J connectivity index is 2.01. The molecule has 146 valence electrons. The molecule has 0 saturated carbocycles. The molecule has 2 bridgehead atoms. The van der Waals surface area contributed by atoms with Crippen molar-refractivity contribution in [2.75, 3.05) is 6.61 Å². The highest BCUT2D eigenvalue weighted by molar-refractivity contribution is 5.95. The Hall–Kier alpha value is -3.50. The number of imidazole rings is 1. The highest BCUT2D eigenvalue weighted by Gasteiger charge is 2.39. The summed E-state index contributed by atoms with van der Waals surface area (Å²) in [7, 11) is 0. The van der Waals surface area contributed by atoms with Crippen molar-refractivity contribution in [3.05, 3.63) is 40.4 Å². The quantitative estimate of drug-likeness (QED) is 0.646. The number of carbonyl (C=O) groups is 1. The SMILES string of the molecule is CC1Oc2nc(ccc2C(N)=O)-n2c(=O)[nH]c3nccc(c32)OCCC1(F)F. The second-order valence-electron chi connectivity index (χ2n) is 6.28. The molecular formula is C17H15F2N5O4. The summed E-state index contributed by atoms with van der Waals surface area (Å²) in [6.07, 6.45) is -0.878. The zero-order valence-electron chi connectivity index (χ0n) is 14.6. The van der Waals surface area contributed by atoms with E-state index in [9.17, 15) is 18.4 Å². The lowest BCUT2D eigenvalue weighted by molar-refractivity contribution is -0.100. The number of fused-ring (bicyclic) bond motifs is 3. The topological polar surface area (TPSA) is 125 Å². The third-order valence-corrected chi connectivity index (χ3v) is 4.46. The van der Waals surface area contributed by atoms with Crippen LogP contribution in [0.5, 0.6) is 11.6 Å². The maximum atomic E-state index is 14.4. The smallest absolute Gasteiger partial charge is 0.333 e. The number of aromatic amines is 1. The van der Waals surface area contributed by atoms with Gasteiger partial charge in [-0.25, -0.2) is 23.1 Å². The monoisotopic (exact) mass is 391 g/mol. The number of carbonyl (C=O) groups excluding carboxylic acids is 1. The number of rotatable bonds is 1. The van der Waals surface area contributed by atoms with E-state index in [1.807, 2.05) is 0 Å². The molecule has 4 rings (SSSR count). The molecule has 0 saturated heterocycles. The van der Waals surface area contributed by atoms with E-state index in [-0.39, 0.29) is 40.8 Å². The van der Waals surface area contributed by atoms with Crippen LogP contribution in [0, 0.1) is 0 Å². The number of nitrogens with zero attached hydrogens (tertiary/aromatic N) is 3. The molecular weight excluding hydrogens is 376 g/mol. The maximum Gasteiger partial charge on any atom is 0.333 e. The van der Waals surface area contributed by atoms with Crippen molar-refractivity contribution in [1.82, 2.24) is 19.5 Å². The van der Waals surface area contributed by atoms with Crippen molar-refractivity contribution in [1.29, 1.82) is 0 Å². The number of amides is 1. The molecule has 11 heteroatoms. The molecule has 1 atom stereocenters. The van der Waals surface area contributed by atoms with Crippen molar-refractivity contribution in [2.24, 2.45) is 5.73 Å². The number of nitrogens with two attached hydrogens (primary N) is 1. The fourth-order valence-corrected chi connectivity index (χ4v) is 2.92. The average molecular weight is 391 g/mol. The van der Waals surface area contributed by atoms with E-state index >= 15 is 0 Å². The van der Waals surface area contributed by atoms with Crippen LogP contribution >= 0.6 is 0 Å². The van der Waals surface area contributed by atoms with Crippen molar-refractivity contribution in [3.8, 4) is 17.4 Å². The number of primary amides is 1. The molecule has 3 N–H and O–H groups in total. The van der Waals surface area contributed by atoms with Crippen LogP contribution in [0.2, 0.25) is 0 Å². The van der Waals surface area contributed by atoms with Crippen molar-refractivity contribution < 1.29 is 23.0 Å². The van der Waals surface area contributed by atoms with E-state index in [2.05, 4.69) is 15.0 Å². The lowest BCUT2D eigenvalue weighted by Crippen LogP contribution is -2.38. The Kier molecular flexibility index (Phi) is 4.02. The first-order valence-electron chi connectivity index (χ1n) is 8.36. The molecule has 0 aliphatic carbocycles. The summed E-state index contributed by atoms with van der Waals surface area (Å²) in [5, 5.41) is 0. The molecule has 1 unspecified atom stereocenters. The number of hydrogen-bond donors (Lipinski definition) is 2. The zero-order chi connectivity index (χ0) is 20.1. The second kappa shape index (κ2) is 6.29. The number of aromatic nitrogens is 4. The van der Waals surface area contributed by atoms with Gasteiger partial charge in [-0.3, -0.25) is 9.78 Å². The van der Waals surface area contributed by atoms with Gasteiger partial charge >= 0.3 is 5.69 Å². The third kappa shape index (κ3) is 2.84. The van der Waals surface area contributed by atoms with Crippen LogP contribution in [-0.2, 0) is 0 Å². The van der Waals surface area contributed by atoms with Gasteiger partial charge in [-0.05, 0) is 19.1 Å². The zero-order valence-corrected chi connectivity index (χ0v) is 14.6. The summed E-state index contributed by atoms with van der Waals surface area (Å²) in [6.45, 7) is 0.826. The first kappa shape index (κ1) is 17.9. The van der Waals surface area contributed by atoms with Crippen LogP contribution in [0.15, 0.2) is 29.2 Å². The van der Waals surface area contributed by atoms with Crippen LogP contribution in [0.25, 0.3) is 17.0 Å². The largest absolute Gasteiger partial charge is 0.491 e.